The Morgan fingerprint density at radius 1 is 1.15 bits per heavy atom. The Bertz CT molecular complexity index is 929. The molecule has 0 aliphatic carbocycles. The van der Waals surface area contributed by atoms with Gasteiger partial charge in [0.2, 0.25) is 0 Å². The summed E-state index contributed by atoms with van der Waals surface area (Å²) in [5.41, 5.74) is 3.36. The molecule has 2 N–H and O–H groups in total. The Morgan fingerprint density at radius 2 is 1.96 bits per heavy atom. The number of rotatable bonds is 5. The highest BCUT2D eigenvalue weighted by atomic mass is 35.5. The summed E-state index contributed by atoms with van der Waals surface area (Å²) in [6.07, 6.45) is 1.58. The van der Waals surface area contributed by atoms with Crippen molar-refractivity contribution in [3.8, 4) is 0 Å². The molecule has 0 saturated heterocycles. The molecule has 1 aromatic heterocycles. The normalized spacial score (nSPS) is 10.4. The molecule has 0 radical (unpaired) electrons. The summed E-state index contributed by atoms with van der Waals surface area (Å²) in [5, 5.41) is 6.57. The third kappa shape index (κ3) is 4.37. The highest BCUT2D eigenvalue weighted by Gasteiger charge is 2.09. The number of hydrogen-bond donors (Lipinski definition) is 2. The number of carbonyl (C=O) groups excluding carboxylic acids is 1. The van der Waals surface area contributed by atoms with Crippen molar-refractivity contribution in [2.24, 2.45) is 0 Å². The van der Waals surface area contributed by atoms with Gasteiger partial charge in [0, 0.05) is 22.8 Å². The number of carbonyl (C=O) groups is 1. The minimum Gasteiger partial charge on any atom is -0.354 e. The van der Waals surface area contributed by atoms with Crippen LogP contribution in [0.2, 0.25) is 5.02 Å². The lowest BCUT2D eigenvalue weighted by molar-refractivity contribution is 0.0945. The average Bonchev–Trinajstić information content (AvgIpc) is 2.64. The first-order valence-electron chi connectivity index (χ1n) is 8.04. The number of aryl methyl sites for hydroxylation is 1. The van der Waals surface area contributed by atoms with Crippen molar-refractivity contribution in [1.82, 2.24) is 10.3 Å². The van der Waals surface area contributed by atoms with Gasteiger partial charge in [-0.3, -0.25) is 4.79 Å². The van der Waals surface area contributed by atoms with Gasteiger partial charge in [0.15, 0.2) is 0 Å². The fourth-order valence-corrected chi connectivity index (χ4v) is 2.66. The van der Waals surface area contributed by atoms with Crippen LogP contribution in [0.4, 0.5) is 15.8 Å². The Balaban J connectivity index is 1.63. The molecule has 3 aromatic rings. The van der Waals surface area contributed by atoms with Crippen LogP contribution in [0.3, 0.4) is 0 Å². The highest BCUT2D eigenvalue weighted by molar-refractivity contribution is 6.30. The van der Waals surface area contributed by atoms with Crippen LogP contribution in [0.15, 0.2) is 60.8 Å². The number of hydrogen-bond acceptors (Lipinski definition) is 3. The zero-order valence-corrected chi connectivity index (χ0v) is 14.8. The Morgan fingerprint density at radius 3 is 2.65 bits per heavy atom. The lowest BCUT2D eigenvalue weighted by Gasteiger charge is -2.10. The van der Waals surface area contributed by atoms with E-state index in [0.29, 0.717) is 10.6 Å². The van der Waals surface area contributed by atoms with Crippen molar-refractivity contribution in [3.63, 3.8) is 0 Å². The molecule has 2 aromatic carbocycles. The van der Waals surface area contributed by atoms with Gasteiger partial charge in [-0.25, -0.2) is 9.37 Å². The summed E-state index contributed by atoms with van der Waals surface area (Å²) in [7, 11) is 0. The average molecular weight is 370 g/mol. The quantitative estimate of drug-likeness (QED) is 0.675. The van der Waals surface area contributed by atoms with E-state index in [1.807, 2.05) is 19.1 Å². The molecule has 0 unspecified atom stereocenters. The molecule has 4 nitrogen and oxygen atoms in total. The van der Waals surface area contributed by atoms with E-state index in [2.05, 4.69) is 15.6 Å². The van der Waals surface area contributed by atoms with E-state index in [1.165, 1.54) is 6.07 Å². The van der Waals surface area contributed by atoms with Crippen LogP contribution in [-0.2, 0) is 6.54 Å². The van der Waals surface area contributed by atoms with E-state index >= 15 is 0 Å². The Labute approximate surface area is 156 Å². The predicted molar refractivity (Wildman–Crippen MR) is 101 cm³/mol. The van der Waals surface area contributed by atoms with E-state index in [1.54, 1.807) is 42.6 Å². The molecule has 0 bridgehead atoms. The van der Waals surface area contributed by atoms with Gasteiger partial charge in [0.1, 0.15) is 11.5 Å². The van der Waals surface area contributed by atoms with Crippen molar-refractivity contribution in [3.05, 3.63) is 88.5 Å². The van der Waals surface area contributed by atoms with Gasteiger partial charge in [0.05, 0.1) is 11.9 Å². The SMILES string of the molecule is Cc1cc(Cl)ccc1Nc1ccc(C(=O)NCc2ccccc2F)nc1. The van der Waals surface area contributed by atoms with Crippen LogP contribution in [0.25, 0.3) is 0 Å². The minimum absolute atomic E-state index is 0.108. The first-order valence-corrected chi connectivity index (χ1v) is 8.41. The molecule has 1 amide bonds. The second kappa shape index (κ2) is 7.97. The minimum atomic E-state index is -0.359. The maximum atomic E-state index is 13.6. The first-order chi connectivity index (χ1) is 12.5. The summed E-state index contributed by atoms with van der Waals surface area (Å²) in [6, 6.07) is 15.2. The van der Waals surface area contributed by atoms with Crippen LogP contribution < -0.4 is 10.6 Å². The largest absolute Gasteiger partial charge is 0.354 e. The summed E-state index contributed by atoms with van der Waals surface area (Å²) >= 11 is 5.95. The molecular weight excluding hydrogens is 353 g/mol. The highest BCUT2D eigenvalue weighted by Crippen LogP contribution is 2.23. The molecule has 0 spiro atoms. The first kappa shape index (κ1) is 17.9. The number of benzene rings is 2. The second-order valence-electron chi connectivity index (χ2n) is 5.79. The van der Waals surface area contributed by atoms with Gasteiger partial charge in [-0.1, -0.05) is 29.8 Å². The molecule has 0 saturated carbocycles. The molecule has 0 atom stereocenters. The molecule has 0 aliphatic rings. The number of anilines is 2. The van der Waals surface area contributed by atoms with E-state index in [4.69, 9.17) is 11.6 Å². The van der Waals surface area contributed by atoms with Crippen molar-refractivity contribution in [1.29, 1.82) is 0 Å². The molecular formula is C20H17ClFN3O. The lowest BCUT2D eigenvalue weighted by atomic mass is 10.2. The molecule has 0 aliphatic heterocycles. The van der Waals surface area contributed by atoms with Gasteiger partial charge in [0.25, 0.3) is 5.91 Å². The Hall–Kier alpha value is -2.92. The molecule has 6 heteroatoms. The fraction of sp³-hybridized carbons (Fsp3) is 0.100. The molecule has 132 valence electrons. The predicted octanol–water partition coefficient (Wildman–Crippen LogP) is 4.86. The smallest absolute Gasteiger partial charge is 0.270 e. The van der Waals surface area contributed by atoms with E-state index < -0.39 is 0 Å². The molecule has 3 rings (SSSR count). The summed E-state index contributed by atoms with van der Waals surface area (Å²) in [6.45, 7) is 2.06. The van der Waals surface area contributed by atoms with Crippen LogP contribution in [0.5, 0.6) is 0 Å². The number of halogens is 2. The third-order valence-electron chi connectivity index (χ3n) is 3.86. The van der Waals surface area contributed by atoms with Gasteiger partial charge < -0.3 is 10.6 Å². The zero-order valence-electron chi connectivity index (χ0n) is 14.1. The maximum absolute atomic E-state index is 13.6. The van der Waals surface area contributed by atoms with Crippen LogP contribution in [0, 0.1) is 12.7 Å². The van der Waals surface area contributed by atoms with Gasteiger partial charge in [-0.05, 0) is 48.9 Å². The number of aromatic nitrogens is 1. The van der Waals surface area contributed by atoms with Gasteiger partial charge in [-0.2, -0.15) is 0 Å². The van der Waals surface area contributed by atoms with E-state index in [0.717, 1.165) is 16.9 Å². The molecule has 26 heavy (non-hydrogen) atoms. The van der Waals surface area contributed by atoms with Crippen LogP contribution in [-0.4, -0.2) is 10.9 Å². The number of amides is 1. The number of pyridine rings is 1. The topological polar surface area (TPSA) is 54.0 Å². The Kier molecular flexibility index (Phi) is 5.49. The molecule has 0 fully saturated rings. The number of nitrogens with zero attached hydrogens (tertiary/aromatic N) is 1. The zero-order chi connectivity index (χ0) is 18.5. The van der Waals surface area contributed by atoms with Crippen molar-refractivity contribution >= 4 is 28.9 Å². The molecule has 1 heterocycles. The van der Waals surface area contributed by atoms with Crippen molar-refractivity contribution < 1.29 is 9.18 Å². The lowest BCUT2D eigenvalue weighted by Crippen LogP contribution is -2.24. The van der Waals surface area contributed by atoms with Crippen LogP contribution >= 0.6 is 11.6 Å². The number of nitrogens with one attached hydrogen (secondary N) is 2. The van der Waals surface area contributed by atoms with Gasteiger partial charge >= 0.3 is 0 Å². The van der Waals surface area contributed by atoms with Crippen LogP contribution in [0.1, 0.15) is 21.6 Å². The van der Waals surface area contributed by atoms with E-state index in [9.17, 15) is 9.18 Å². The van der Waals surface area contributed by atoms with E-state index in [-0.39, 0.29) is 24.0 Å². The standard InChI is InChI=1S/C20H17ClFN3O/c1-13-10-15(21)6-8-18(13)25-16-7-9-19(23-12-16)20(26)24-11-14-4-2-3-5-17(14)22/h2-10,12,25H,11H2,1H3,(H,24,26). The van der Waals surface area contributed by atoms with Gasteiger partial charge in [-0.15, -0.1) is 0 Å². The fourth-order valence-electron chi connectivity index (χ4n) is 2.43. The maximum Gasteiger partial charge on any atom is 0.270 e. The summed E-state index contributed by atoms with van der Waals surface area (Å²) < 4.78 is 13.6. The second-order valence-corrected chi connectivity index (χ2v) is 6.23. The third-order valence-corrected chi connectivity index (χ3v) is 4.10. The van der Waals surface area contributed by atoms with Crippen molar-refractivity contribution in [2.45, 2.75) is 13.5 Å². The monoisotopic (exact) mass is 369 g/mol. The summed E-state index contributed by atoms with van der Waals surface area (Å²) in [5.74, 6) is -0.707. The summed E-state index contributed by atoms with van der Waals surface area (Å²) in [4.78, 5) is 16.3. The van der Waals surface area contributed by atoms with Crippen molar-refractivity contribution in [2.75, 3.05) is 5.32 Å².